The van der Waals surface area contributed by atoms with Gasteiger partial charge in [0.1, 0.15) is 5.75 Å². The summed E-state index contributed by atoms with van der Waals surface area (Å²) < 4.78 is 7.71. The zero-order valence-electron chi connectivity index (χ0n) is 17.2. The lowest BCUT2D eigenvalue weighted by molar-refractivity contribution is 0.0954. The molecule has 0 unspecified atom stereocenters. The van der Waals surface area contributed by atoms with Crippen molar-refractivity contribution in [2.45, 2.75) is 33.6 Å². The molecule has 0 bridgehead atoms. The Morgan fingerprint density at radius 1 is 1.10 bits per heavy atom. The Hall–Kier alpha value is -3.34. The van der Waals surface area contributed by atoms with Gasteiger partial charge in [0.15, 0.2) is 0 Å². The monoisotopic (exact) mass is 389 g/mol. The fourth-order valence-corrected chi connectivity index (χ4v) is 3.18. The van der Waals surface area contributed by atoms with Crippen molar-refractivity contribution >= 4 is 12.1 Å². The smallest absolute Gasteiger partial charge is 0.273 e. The largest absolute Gasteiger partial charge is 0.494 e. The van der Waals surface area contributed by atoms with Crippen molar-refractivity contribution < 1.29 is 9.53 Å². The summed E-state index contributed by atoms with van der Waals surface area (Å²) in [6.07, 6.45) is 3.78. The number of aryl methyl sites for hydroxylation is 1. The number of hydrogen-bond acceptors (Lipinski definition) is 3. The molecular weight excluding hydrogens is 362 g/mol. The molecule has 1 amide bonds. The molecule has 0 aliphatic rings. The maximum Gasteiger partial charge on any atom is 0.273 e. The molecule has 29 heavy (non-hydrogen) atoms. The number of hydrazone groups is 1. The molecule has 2 aromatic carbocycles. The molecule has 3 rings (SSSR count). The molecule has 0 fully saturated rings. The highest BCUT2D eigenvalue weighted by molar-refractivity contribution is 5.96. The van der Waals surface area contributed by atoms with Gasteiger partial charge in [-0.25, -0.2) is 5.43 Å². The second-order valence-electron chi connectivity index (χ2n) is 6.93. The summed E-state index contributed by atoms with van der Waals surface area (Å²) in [6, 6.07) is 19.5. The van der Waals surface area contributed by atoms with E-state index in [-0.39, 0.29) is 5.91 Å². The molecule has 0 radical (unpaired) electrons. The number of benzene rings is 2. The van der Waals surface area contributed by atoms with E-state index < -0.39 is 0 Å². The number of hydrogen-bond donors (Lipinski definition) is 1. The normalized spacial score (nSPS) is 11.0. The van der Waals surface area contributed by atoms with Crippen LogP contribution in [0, 0.1) is 13.8 Å². The van der Waals surface area contributed by atoms with E-state index in [0.29, 0.717) is 5.56 Å². The van der Waals surface area contributed by atoms with E-state index in [1.165, 1.54) is 0 Å². The van der Waals surface area contributed by atoms with E-state index in [9.17, 15) is 4.79 Å². The van der Waals surface area contributed by atoms with Crippen molar-refractivity contribution in [3.05, 3.63) is 83.2 Å². The van der Waals surface area contributed by atoms with E-state index in [1.807, 2.05) is 74.5 Å². The average molecular weight is 389 g/mol. The van der Waals surface area contributed by atoms with Crippen LogP contribution in [0.3, 0.4) is 0 Å². The third-order valence-electron chi connectivity index (χ3n) is 4.72. The summed E-state index contributed by atoms with van der Waals surface area (Å²) in [5.41, 5.74) is 7.05. The number of para-hydroxylation sites is 1. The minimum absolute atomic E-state index is 0.226. The molecule has 1 aromatic heterocycles. The number of nitrogens with one attached hydrogen (secondary N) is 1. The van der Waals surface area contributed by atoms with Crippen LogP contribution in [0.2, 0.25) is 0 Å². The molecule has 0 spiro atoms. The molecule has 5 nitrogen and oxygen atoms in total. The van der Waals surface area contributed by atoms with Crippen LogP contribution < -0.4 is 10.2 Å². The first-order chi connectivity index (χ1) is 14.1. The van der Waals surface area contributed by atoms with Gasteiger partial charge in [0.2, 0.25) is 0 Å². The van der Waals surface area contributed by atoms with Crippen LogP contribution in [0.5, 0.6) is 5.75 Å². The number of nitrogens with zero attached hydrogens (tertiary/aromatic N) is 2. The van der Waals surface area contributed by atoms with Crippen LogP contribution in [0.1, 0.15) is 47.1 Å². The Balaban J connectivity index is 1.64. The van der Waals surface area contributed by atoms with Gasteiger partial charge < -0.3 is 9.30 Å². The van der Waals surface area contributed by atoms with E-state index >= 15 is 0 Å². The Morgan fingerprint density at radius 2 is 1.83 bits per heavy atom. The van der Waals surface area contributed by atoms with E-state index in [0.717, 1.165) is 47.8 Å². The van der Waals surface area contributed by atoms with Gasteiger partial charge in [0.25, 0.3) is 5.91 Å². The Labute approximate surface area is 172 Å². The molecule has 5 heteroatoms. The first-order valence-electron chi connectivity index (χ1n) is 9.90. The zero-order valence-corrected chi connectivity index (χ0v) is 17.2. The predicted octanol–water partition coefficient (Wildman–Crippen LogP) is 5.04. The van der Waals surface area contributed by atoms with Crippen molar-refractivity contribution in [2.24, 2.45) is 5.10 Å². The molecule has 0 aliphatic carbocycles. The number of rotatable bonds is 8. The number of unbranched alkanes of at least 4 members (excludes halogenated alkanes) is 1. The predicted molar refractivity (Wildman–Crippen MR) is 117 cm³/mol. The lowest BCUT2D eigenvalue weighted by Crippen LogP contribution is -2.18. The lowest BCUT2D eigenvalue weighted by atomic mass is 10.2. The van der Waals surface area contributed by atoms with Gasteiger partial charge in [0, 0.05) is 17.1 Å². The number of amides is 1. The zero-order chi connectivity index (χ0) is 20.6. The van der Waals surface area contributed by atoms with Crippen molar-refractivity contribution in [3.8, 4) is 11.4 Å². The summed E-state index contributed by atoms with van der Waals surface area (Å²) in [5.74, 6) is 0.615. The molecule has 3 aromatic rings. The second kappa shape index (κ2) is 9.73. The van der Waals surface area contributed by atoms with Crippen LogP contribution in [0.4, 0.5) is 0 Å². The average Bonchev–Trinajstić information content (AvgIpc) is 3.04. The van der Waals surface area contributed by atoms with Crippen LogP contribution in [-0.4, -0.2) is 23.3 Å². The number of ether oxygens (including phenoxy) is 1. The fraction of sp³-hybridized carbons (Fsp3) is 0.250. The van der Waals surface area contributed by atoms with Gasteiger partial charge in [-0.3, -0.25) is 4.79 Å². The molecule has 150 valence electrons. The van der Waals surface area contributed by atoms with Gasteiger partial charge in [0.05, 0.1) is 18.4 Å². The Kier molecular flexibility index (Phi) is 6.85. The highest BCUT2D eigenvalue weighted by Gasteiger charge is 2.16. The molecule has 0 atom stereocenters. The fourth-order valence-electron chi connectivity index (χ4n) is 3.18. The lowest BCUT2D eigenvalue weighted by Gasteiger charge is -2.09. The van der Waals surface area contributed by atoms with Crippen molar-refractivity contribution in [3.63, 3.8) is 0 Å². The summed E-state index contributed by atoms with van der Waals surface area (Å²) in [5, 5.41) is 4.10. The SMILES string of the molecule is CCCCOc1ccc(/C=N\NC(=O)c2cc(C)n(-c3ccccc3)c2C)cc1. The van der Waals surface area contributed by atoms with Crippen LogP contribution in [0.15, 0.2) is 65.8 Å². The summed E-state index contributed by atoms with van der Waals surface area (Å²) in [4.78, 5) is 12.6. The van der Waals surface area contributed by atoms with Crippen LogP contribution in [-0.2, 0) is 0 Å². The molecule has 1 heterocycles. The van der Waals surface area contributed by atoms with Crippen molar-refractivity contribution in [2.75, 3.05) is 6.61 Å². The minimum Gasteiger partial charge on any atom is -0.494 e. The maximum absolute atomic E-state index is 12.6. The highest BCUT2D eigenvalue weighted by Crippen LogP contribution is 2.20. The quantitative estimate of drug-likeness (QED) is 0.333. The van der Waals surface area contributed by atoms with Gasteiger partial charge in [-0.15, -0.1) is 0 Å². The van der Waals surface area contributed by atoms with Crippen molar-refractivity contribution in [1.29, 1.82) is 0 Å². The van der Waals surface area contributed by atoms with Gasteiger partial charge in [-0.1, -0.05) is 31.5 Å². The topological polar surface area (TPSA) is 55.6 Å². The Morgan fingerprint density at radius 3 is 2.52 bits per heavy atom. The molecular formula is C24H27N3O2. The molecule has 0 saturated carbocycles. The highest BCUT2D eigenvalue weighted by atomic mass is 16.5. The molecule has 0 saturated heterocycles. The Bertz CT molecular complexity index is 973. The number of carbonyl (C=O) groups excluding carboxylic acids is 1. The van der Waals surface area contributed by atoms with Gasteiger partial charge >= 0.3 is 0 Å². The number of aromatic nitrogens is 1. The minimum atomic E-state index is -0.226. The molecule has 0 aliphatic heterocycles. The summed E-state index contributed by atoms with van der Waals surface area (Å²) in [6.45, 7) is 6.79. The number of carbonyl (C=O) groups is 1. The molecule has 1 N–H and O–H groups in total. The standard InChI is InChI=1S/C24H27N3O2/c1-4-5-15-29-22-13-11-20(12-14-22)17-25-26-24(28)23-16-18(2)27(19(23)3)21-9-7-6-8-10-21/h6-14,16-17H,4-5,15H2,1-3H3,(H,26,28)/b25-17-. The summed E-state index contributed by atoms with van der Waals surface area (Å²) >= 11 is 0. The first kappa shape index (κ1) is 20.4. The first-order valence-corrected chi connectivity index (χ1v) is 9.90. The van der Waals surface area contributed by atoms with Crippen LogP contribution in [0.25, 0.3) is 5.69 Å². The van der Waals surface area contributed by atoms with Crippen LogP contribution >= 0.6 is 0 Å². The third kappa shape index (κ3) is 5.13. The van der Waals surface area contributed by atoms with E-state index in [4.69, 9.17) is 4.74 Å². The van der Waals surface area contributed by atoms with E-state index in [2.05, 4.69) is 22.0 Å². The third-order valence-corrected chi connectivity index (χ3v) is 4.72. The van der Waals surface area contributed by atoms with Crippen molar-refractivity contribution in [1.82, 2.24) is 9.99 Å². The second-order valence-corrected chi connectivity index (χ2v) is 6.93. The van der Waals surface area contributed by atoms with Gasteiger partial charge in [-0.2, -0.15) is 5.10 Å². The maximum atomic E-state index is 12.6. The van der Waals surface area contributed by atoms with Gasteiger partial charge in [-0.05, 0) is 68.3 Å². The van der Waals surface area contributed by atoms with E-state index in [1.54, 1.807) is 6.21 Å². The summed E-state index contributed by atoms with van der Waals surface area (Å²) in [7, 11) is 0.